The van der Waals surface area contributed by atoms with E-state index in [1.165, 1.54) is 0 Å². The third kappa shape index (κ3) is 3.93. The zero-order chi connectivity index (χ0) is 12.0. The van der Waals surface area contributed by atoms with Crippen LogP contribution in [0, 0.1) is 0 Å². The van der Waals surface area contributed by atoms with Gasteiger partial charge in [0.25, 0.3) is 0 Å². The van der Waals surface area contributed by atoms with Gasteiger partial charge in [0.05, 0.1) is 0 Å². The Morgan fingerprint density at radius 2 is 1.44 bits per heavy atom. The van der Waals surface area contributed by atoms with Crippen LogP contribution in [0.15, 0.2) is 43.0 Å². The highest BCUT2D eigenvalue weighted by molar-refractivity contribution is 4.91. The summed E-state index contributed by atoms with van der Waals surface area (Å²) in [4.78, 5) is 0. The van der Waals surface area contributed by atoms with E-state index >= 15 is 0 Å². The van der Waals surface area contributed by atoms with Crippen LogP contribution in [0.2, 0.25) is 0 Å². The second kappa shape index (κ2) is 6.16. The number of aromatic nitrogens is 3. The van der Waals surface area contributed by atoms with E-state index in [0.29, 0.717) is 12.1 Å². The van der Waals surface area contributed by atoms with Crippen LogP contribution in [0.4, 0.5) is 0 Å². The molecule has 0 spiro atoms. The Hall–Kier alpha value is -1.51. The van der Waals surface area contributed by atoms with Gasteiger partial charge in [-0.2, -0.15) is 5.10 Å². The highest BCUT2D eigenvalue weighted by Crippen LogP contribution is 2.01. The van der Waals surface area contributed by atoms with E-state index < -0.39 is 0 Å². The van der Waals surface area contributed by atoms with Crippen molar-refractivity contribution in [3.8, 4) is 0 Å². The summed E-state index contributed by atoms with van der Waals surface area (Å²) in [5, 5.41) is 4.03. The van der Waals surface area contributed by atoms with Crippen molar-refractivity contribution in [1.82, 2.24) is 14.3 Å². The lowest BCUT2D eigenvalue weighted by Gasteiger charge is -2.03. The second-order valence-corrected chi connectivity index (χ2v) is 4.30. The highest BCUT2D eigenvalue weighted by Gasteiger charge is 1.91. The molecule has 2 heterocycles. The average molecular weight is 219 g/mol. The van der Waals surface area contributed by atoms with E-state index in [0.717, 1.165) is 0 Å². The zero-order valence-electron chi connectivity index (χ0n) is 10.5. The van der Waals surface area contributed by atoms with Crippen LogP contribution in [-0.4, -0.2) is 14.3 Å². The Kier molecular flexibility index (Phi) is 4.83. The molecule has 0 aliphatic rings. The van der Waals surface area contributed by atoms with Crippen molar-refractivity contribution >= 4 is 0 Å². The minimum atomic E-state index is 0.491. The fourth-order valence-corrected chi connectivity index (χ4v) is 1.28. The Morgan fingerprint density at radius 3 is 1.69 bits per heavy atom. The molecule has 0 bridgehead atoms. The van der Waals surface area contributed by atoms with Crippen molar-refractivity contribution in [1.29, 1.82) is 0 Å². The van der Waals surface area contributed by atoms with Gasteiger partial charge in [-0.25, -0.2) is 0 Å². The van der Waals surface area contributed by atoms with Crippen LogP contribution in [0.3, 0.4) is 0 Å². The minimum absolute atomic E-state index is 0.491. The molecule has 0 radical (unpaired) electrons. The maximum absolute atomic E-state index is 4.03. The molecule has 0 aliphatic heterocycles. The first-order chi connectivity index (χ1) is 7.61. The molecule has 3 heteroatoms. The van der Waals surface area contributed by atoms with Crippen molar-refractivity contribution < 1.29 is 0 Å². The molecule has 16 heavy (non-hydrogen) atoms. The van der Waals surface area contributed by atoms with Gasteiger partial charge in [-0.3, -0.25) is 4.68 Å². The molecular formula is C13H21N3. The van der Waals surface area contributed by atoms with Gasteiger partial charge in [-0.15, -0.1) is 0 Å². The fourth-order valence-electron chi connectivity index (χ4n) is 1.28. The Labute approximate surface area is 97.7 Å². The van der Waals surface area contributed by atoms with E-state index in [1.807, 2.05) is 29.1 Å². The zero-order valence-corrected chi connectivity index (χ0v) is 10.5. The second-order valence-electron chi connectivity index (χ2n) is 4.30. The quantitative estimate of drug-likeness (QED) is 0.757. The van der Waals surface area contributed by atoms with Crippen LogP contribution in [0.1, 0.15) is 39.8 Å². The van der Waals surface area contributed by atoms with Crippen molar-refractivity contribution in [3.05, 3.63) is 43.0 Å². The van der Waals surface area contributed by atoms with E-state index in [2.05, 4.69) is 49.8 Å². The average Bonchev–Trinajstić information content (AvgIpc) is 2.93. The van der Waals surface area contributed by atoms with Gasteiger partial charge in [0.15, 0.2) is 0 Å². The molecule has 0 unspecified atom stereocenters. The summed E-state index contributed by atoms with van der Waals surface area (Å²) in [7, 11) is 0. The molecule has 2 rings (SSSR count). The summed E-state index contributed by atoms with van der Waals surface area (Å²) >= 11 is 0. The van der Waals surface area contributed by atoms with E-state index in [-0.39, 0.29) is 0 Å². The van der Waals surface area contributed by atoms with Crippen molar-refractivity contribution in [2.24, 2.45) is 0 Å². The lowest BCUT2D eigenvalue weighted by Crippen LogP contribution is -1.99. The third-order valence-electron chi connectivity index (χ3n) is 2.28. The topological polar surface area (TPSA) is 22.8 Å². The molecule has 88 valence electrons. The van der Waals surface area contributed by atoms with Crippen molar-refractivity contribution in [2.45, 2.75) is 39.8 Å². The lowest BCUT2D eigenvalue weighted by atomic mass is 10.4. The van der Waals surface area contributed by atoms with Crippen LogP contribution in [0.25, 0.3) is 0 Å². The molecule has 0 atom stereocenters. The number of rotatable bonds is 2. The summed E-state index contributed by atoms with van der Waals surface area (Å²) in [6, 6.07) is 7.11. The summed E-state index contributed by atoms with van der Waals surface area (Å²) in [6.45, 7) is 8.54. The smallest absolute Gasteiger partial charge is 0.0489 e. The standard InChI is InChI=1S/C7H11N.C6H10N2/c1-7(2)8-5-3-4-6-8;1-6(2)8-5-3-4-7-8/h3-7H,1-2H3;3-6H,1-2H3. The van der Waals surface area contributed by atoms with E-state index in [1.54, 1.807) is 6.20 Å². The summed E-state index contributed by atoms with van der Waals surface area (Å²) in [6.07, 6.45) is 7.90. The number of hydrogen-bond donors (Lipinski definition) is 0. The third-order valence-corrected chi connectivity index (χ3v) is 2.28. The van der Waals surface area contributed by atoms with E-state index in [9.17, 15) is 0 Å². The largest absolute Gasteiger partial charge is 0.352 e. The highest BCUT2D eigenvalue weighted by atomic mass is 15.3. The maximum Gasteiger partial charge on any atom is 0.0489 e. The Morgan fingerprint density at radius 1 is 0.812 bits per heavy atom. The van der Waals surface area contributed by atoms with Gasteiger partial charge < -0.3 is 4.57 Å². The van der Waals surface area contributed by atoms with Crippen LogP contribution >= 0.6 is 0 Å². The van der Waals surface area contributed by atoms with Gasteiger partial charge in [0.1, 0.15) is 0 Å². The van der Waals surface area contributed by atoms with Crippen LogP contribution in [-0.2, 0) is 0 Å². The fraction of sp³-hybridized carbons (Fsp3) is 0.462. The molecule has 0 N–H and O–H groups in total. The molecule has 0 aliphatic carbocycles. The molecule has 2 aromatic rings. The minimum Gasteiger partial charge on any atom is -0.352 e. The molecule has 0 saturated carbocycles. The predicted octanol–water partition coefficient (Wildman–Crippen LogP) is 3.53. The first-order valence-corrected chi connectivity index (χ1v) is 5.73. The van der Waals surface area contributed by atoms with Crippen LogP contribution < -0.4 is 0 Å². The number of hydrogen-bond acceptors (Lipinski definition) is 1. The van der Waals surface area contributed by atoms with Gasteiger partial charge in [-0.05, 0) is 45.9 Å². The van der Waals surface area contributed by atoms with Crippen molar-refractivity contribution in [3.63, 3.8) is 0 Å². The summed E-state index contributed by atoms with van der Waals surface area (Å²) in [5.41, 5.74) is 0. The van der Waals surface area contributed by atoms with Gasteiger partial charge in [-0.1, -0.05) is 0 Å². The van der Waals surface area contributed by atoms with Gasteiger partial charge in [0.2, 0.25) is 0 Å². The SMILES string of the molecule is CC(C)n1cccc1.CC(C)n1cccn1. The monoisotopic (exact) mass is 219 g/mol. The first-order valence-electron chi connectivity index (χ1n) is 5.73. The number of nitrogens with zero attached hydrogens (tertiary/aromatic N) is 3. The predicted molar refractivity (Wildman–Crippen MR) is 67.4 cm³/mol. The van der Waals surface area contributed by atoms with Gasteiger partial charge >= 0.3 is 0 Å². The Balaban J connectivity index is 0.000000160. The molecule has 0 fully saturated rings. The molecular weight excluding hydrogens is 198 g/mol. The van der Waals surface area contributed by atoms with Crippen molar-refractivity contribution in [2.75, 3.05) is 0 Å². The molecule has 0 aromatic carbocycles. The summed E-state index contributed by atoms with van der Waals surface area (Å²) < 4.78 is 4.08. The molecule has 3 nitrogen and oxygen atoms in total. The molecule has 0 saturated heterocycles. The van der Waals surface area contributed by atoms with Crippen LogP contribution in [0.5, 0.6) is 0 Å². The Bertz CT molecular complexity index is 320. The van der Waals surface area contributed by atoms with Gasteiger partial charge in [0, 0.05) is 36.9 Å². The lowest BCUT2D eigenvalue weighted by molar-refractivity contribution is 0.532. The maximum atomic E-state index is 4.03. The molecule has 0 amide bonds. The first kappa shape index (κ1) is 12.6. The summed E-state index contributed by atoms with van der Waals surface area (Å²) in [5.74, 6) is 0. The van der Waals surface area contributed by atoms with E-state index in [4.69, 9.17) is 0 Å². The normalized spacial score (nSPS) is 10.4. The molecule has 2 aromatic heterocycles.